The van der Waals surface area contributed by atoms with Gasteiger partial charge in [-0.3, -0.25) is 14.4 Å². The predicted molar refractivity (Wildman–Crippen MR) is 154 cm³/mol. The van der Waals surface area contributed by atoms with E-state index in [1.165, 1.54) is 26.5 Å². The number of ether oxygens (including phenoxy) is 3. The lowest BCUT2D eigenvalue weighted by Crippen LogP contribution is -2.32. The number of hydrazone groups is 1. The van der Waals surface area contributed by atoms with Crippen LogP contribution < -0.4 is 30.3 Å². The molecule has 0 heterocycles. The minimum absolute atomic E-state index is 0.292. The molecule has 0 aliphatic rings. The summed E-state index contributed by atoms with van der Waals surface area (Å²) in [4.78, 5) is 36.4. The molecule has 0 bridgehead atoms. The van der Waals surface area contributed by atoms with E-state index in [1.54, 1.807) is 48.5 Å². The van der Waals surface area contributed by atoms with Gasteiger partial charge in [0.15, 0.2) is 18.1 Å². The highest BCUT2D eigenvalue weighted by Crippen LogP contribution is 2.33. The van der Waals surface area contributed by atoms with E-state index in [0.717, 1.165) is 0 Å². The van der Waals surface area contributed by atoms with Crippen molar-refractivity contribution in [2.45, 2.75) is 0 Å². The van der Waals surface area contributed by atoms with E-state index < -0.39 is 17.7 Å². The van der Waals surface area contributed by atoms with E-state index in [0.29, 0.717) is 47.8 Å². The molecule has 0 aliphatic heterocycles. The number of methoxy groups -OCH3 is 2. The van der Waals surface area contributed by atoms with Gasteiger partial charge in [0.25, 0.3) is 5.91 Å². The van der Waals surface area contributed by atoms with Crippen LogP contribution in [0.15, 0.2) is 59.7 Å². The maximum atomic E-state index is 12.3. The van der Waals surface area contributed by atoms with E-state index in [4.69, 9.17) is 37.4 Å². The molecule has 0 unspecified atom stereocenters. The van der Waals surface area contributed by atoms with Crippen LogP contribution in [-0.2, 0) is 14.4 Å². The van der Waals surface area contributed by atoms with Crippen molar-refractivity contribution in [3.8, 4) is 17.2 Å². The van der Waals surface area contributed by atoms with Gasteiger partial charge in [0, 0.05) is 11.4 Å². The molecule has 0 radical (unpaired) electrons. The third-order valence-corrected chi connectivity index (χ3v) is 6.28. The first kappa shape index (κ1) is 29.0. The minimum Gasteiger partial charge on any atom is -0.497 e. The molecule has 0 aliphatic carbocycles. The monoisotopic (exact) mass is 670 g/mol. The Balaban J connectivity index is 1.57. The Kier molecular flexibility index (Phi) is 10.6. The van der Waals surface area contributed by atoms with Gasteiger partial charge in [-0.1, -0.05) is 23.2 Å². The summed E-state index contributed by atoms with van der Waals surface area (Å²) in [6, 6.07) is 14.5. The number of anilines is 2. The zero-order chi connectivity index (χ0) is 27.7. The number of halogens is 3. The number of hydrogen-bond donors (Lipinski definition) is 3. The molecule has 10 nitrogen and oxygen atoms in total. The van der Waals surface area contributed by atoms with Crippen LogP contribution in [0.4, 0.5) is 11.4 Å². The number of amides is 3. The van der Waals surface area contributed by atoms with Crippen LogP contribution in [0, 0.1) is 3.57 Å². The van der Waals surface area contributed by atoms with Gasteiger partial charge >= 0.3 is 11.8 Å². The Hall–Kier alpha value is -3.55. The summed E-state index contributed by atoms with van der Waals surface area (Å²) < 4.78 is 16.7. The molecule has 0 saturated carbocycles. The average molecular weight is 671 g/mol. The molecule has 0 atom stereocenters. The number of hydrogen-bond acceptors (Lipinski definition) is 7. The van der Waals surface area contributed by atoms with Crippen molar-refractivity contribution >= 4 is 81.1 Å². The average Bonchev–Trinajstić information content (AvgIpc) is 2.90. The van der Waals surface area contributed by atoms with Crippen LogP contribution in [0.1, 0.15) is 5.56 Å². The Morgan fingerprint density at radius 1 is 0.895 bits per heavy atom. The fourth-order valence-corrected chi connectivity index (χ4v) is 4.02. The van der Waals surface area contributed by atoms with Crippen molar-refractivity contribution < 1.29 is 28.6 Å². The van der Waals surface area contributed by atoms with E-state index in [9.17, 15) is 14.4 Å². The first-order valence-corrected chi connectivity index (χ1v) is 12.6. The fourth-order valence-electron chi connectivity index (χ4n) is 2.94. The molecular weight excluding hydrogens is 650 g/mol. The molecule has 3 aromatic carbocycles. The topological polar surface area (TPSA) is 127 Å². The zero-order valence-corrected chi connectivity index (χ0v) is 23.7. The maximum absolute atomic E-state index is 12.3. The Morgan fingerprint density at radius 2 is 1.61 bits per heavy atom. The third kappa shape index (κ3) is 8.23. The summed E-state index contributed by atoms with van der Waals surface area (Å²) in [5.74, 6) is -0.955. The van der Waals surface area contributed by atoms with Crippen molar-refractivity contribution in [2.24, 2.45) is 5.10 Å². The van der Waals surface area contributed by atoms with Gasteiger partial charge in [0.05, 0.1) is 34.0 Å². The standard InChI is InChI=1S/C25H21Cl2IN4O6/c1-36-17-6-3-15(4-7-17)31-24(34)25(35)32-29-12-14-9-20(28)23(21(10-14)37-2)38-13-22(33)30-16-5-8-18(26)19(27)11-16/h3-12H,13H2,1-2H3,(H,30,33)(H,31,34)(H,32,35)/b29-12-. The summed E-state index contributed by atoms with van der Waals surface area (Å²) in [7, 11) is 2.97. The van der Waals surface area contributed by atoms with Crippen LogP contribution >= 0.6 is 45.8 Å². The highest BCUT2D eigenvalue weighted by Gasteiger charge is 2.15. The van der Waals surface area contributed by atoms with Gasteiger partial charge < -0.3 is 24.8 Å². The summed E-state index contributed by atoms with van der Waals surface area (Å²) in [6.07, 6.45) is 1.34. The molecule has 0 fully saturated rings. The summed E-state index contributed by atoms with van der Waals surface area (Å²) in [5.41, 5.74) is 3.61. The number of nitrogens with zero attached hydrogens (tertiary/aromatic N) is 1. The summed E-state index contributed by atoms with van der Waals surface area (Å²) in [5, 5.41) is 9.63. The number of rotatable bonds is 9. The molecule has 38 heavy (non-hydrogen) atoms. The van der Waals surface area contributed by atoms with Crippen LogP contribution in [0.5, 0.6) is 17.2 Å². The quantitative estimate of drug-likeness (QED) is 0.131. The van der Waals surface area contributed by atoms with Crippen molar-refractivity contribution in [2.75, 3.05) is 31.5 Å². The molecule has 3 amide bonds. The van der Waals surface area contributed by atoms with Crippen LogP contribution in [-0.4, -0.2) is 44.8 Å². The first-order valence-electron chi connectivity index (χ1n) is 10.7. The number of nitrogens with one attached hydrogen (secondary N) is 3. The minimum atomic E-state index is -0.952. The van der Waals surface area contributed by atoms with Crippen molar-refractivity contribution in [1.29, 1.82) is 0 Å². The summed E-state index contributed by atoms with van der Waals surface area (Å²) >= 11 is 13.9. The van der Waals surface area contributed by atoms with Crippen LogP contribution in [0.25, 0.3) is 0 Å². The number of carbonyl (C=O) groups excluding carboxylic acids is 3. The van der Waals surface area contributed by atoms with Crippen molar-refractivity contribution in [3.63, 3.8) is 0 Å². The first-order chi connectivity index (χ1) is 18.2. The highest BCUT2D eigenvalue weighted by molar-refractivity contribution is 14.1. The van der Waals surface area contributed by atoms with Gasteiger partial charge in [0.2, 0.25) is 0 Å². The largest absolute Gasteiger partial charge is 0.497 e. The molecule has 3 rings (SSSR count). The van der Waals surface area contributed by atoms with Gasteiger partial charge in [-0.05, 0) is 82.8 Å². The predicted octanol–water partition coefficient (Wildman–Crippen LogP) is 4.72. The maximum Gasteiger partial charge on any atom is 0.329 e. The smallest absolute Gasteiger partial charge is 0.329 e. The molecular formula is C25H21Cl2IN4O6. The molecule has 3 N–H and O–H groups in total. The van der Waals surface area contributed by atoms with Crippen LogP contribution in [0.3, 0.4) is 0 Å². The zero-order valence-electron chi connectivity index (χ0n) is 20.0. The van der Waals surface area contributed by atoms with E-state index in [2.05, 4.69) is 21.2 Å². The fraction of sp³-hybridized carbons (Fsp3) is 0.120. The molecule has 198 valence electrons. The second kappa shape index (κ2) is 13.8. The summed E-state index contributed by atoms with van der Waals surface area (Å²) in [6.45, 7) is -0.292. The molecule has 0 aromatic heterocycles. The van der Waals surface area contributed by atoms with Gasteiger partial charge in [-0.25, -0.2) is 5.43 Å². The highest BCUT2D eigenvalue weighted by atomic mass is 127. The number of benzene rings is 3. The van der Waals surface area contributed by atoms with Crippen molar-refractivity contribution in [3.05, 3.63) is 73.8 Å². The van der Waals surface area contributed by atoms with E-state index >= 15 is 0 Å². The molecule has 3 aromatic rings. The molecule has 13 heteroatoms. The second-order valence-electron chi connectivity index (χ2n) is 7.38. The van der Waals surface area contributed by atoms with E-state index in [1.807, 2.05) is 22.6 Å². The van der Waals surface area contributed by atoms with Gasteiger partial charge in [-0.15, -0.1) is 0 Å². The van der Waals surface area contributed by atoms with Crippen LogP contribution in [0.2, 0.25) is 10.0 Å². The van der Waals surface area contributed by atoms with Crippen molar-refractivity contribution in [1.82, 2.24) is 5.43 Å². The Bertz CT molecular complexity index is 1370. The number of carbonyl (C=O) groups is 3. The third-order valence-electron chi connectivity index (χ3n) is 4.74. The van der Waals surface area contributed by atoms with E-state index in [-0.39, 0.29) is 6.61 Å². The Morgan fingerprint density at radius 3 is 2.26 bits per heavy atom. The second-order valence-corrected chi connectivity index (χ2v) is 9.36. The normalized spacial score (nSPS) is 10.6. The lowest BCUT2D eigenvalue weighted by molar-refractivity contribution is -0.136. The van der Waals surface area contributed by atoms with Gasteiger partial charge in [-0.2, -0.15) is 5.10 Å². The SMILES string of the molecule is COc1ccc(NC(=O)C(=O)N/N=C\c2cc(I)c(OCC(=O)Nc3ccc(Cl)c(Cl)c3)c(OC)c2)cc1. The lowest BCUT2D eigenvalue weighted by atomic mass is 10.2. The van der Waals surface area contributed by atoms with Gasteiger partial charge in [0.1, 0.15) is 5.75 Å². The molecule has 0 saturated heterocycles. The lowest BCUT2D eigenvalue weighted by Gasteiger charge is -2.13. The molecule has 0 spiro atoms. The Labute approximate surface area is 241 Å².